The summed E-state index contributed by atoms with van der Waals surface area (Å²) in [5, 5.41) is 10.6. The molecule has 0 bridgehead atoms. The van der Waals surface area contributed by atoms with E-state index in [9.17, 15) is 14.9 Å². The predicted molar refractivity (Wildman–Crippen MR) is 67.0 cm³/mol. The highest BCUT2D eigenvalue weighted by Crippen LogP contribution is 2.24. The van der Waals surface area contributed by atoms with Gasteiger partial charge in [-0.2, -0.15) is 0 Å². The maximum atomic E-state index is 11.3. The van der Waals surface area contributed by atoms with Crippen LogP contribution in [0.2, 0.25) is 0 Å². The zero-order valence-electron chi connectivity index (χ0n) is 10.6. The van der Waals surface area contributed by atoms with E-state index in [-0.39, 0.29) is 17.6 Å². The number of nitro groups is 1. The molecule has 1 aliphatic heterocycles. The van der Waals surface area contributed by atoms with E-state index in [4.69, 9.17) is 9.47 Å². The molecule has 1 aromatic rings. The molecule has 1 fully saturated rings. The normalized spacial score (nSPS) is 18.2. The third-order valence-corrected chi connectivity index (χ3v) is 3.14. The summed E-state index contributed by atoms with van der Waals surface area (Å²) in [6.45, 7) is 2.64. The molecule has 2 rings (SSSR count). The van der Waals surface area contributed by atoms with Gasteiger partial charge in [0.2, 0.25) is 0 Å². The molecule has 0 unspecified atom stereocenters. The third kappa shape index (κ3) is 3.21. The molecule has 1 aromatic carbocycles. The average Bonchev–Trinajstić information content (AvgIpc) is 2.77. The fraction of sp³-hybridized carbons (Fsp3) is 0.462. The number of hydrogen-bond acceptors (Lipinski definition) is 5. The molecule has 0 spiro atoms. The minimum atomic E-state index is -0.439. The van der Waals surface area contributed by atoms with Gasteiger partial charge in [-0.3, -0.25) is 14.9 Å². The number of benzene rings is 1. The summed E-state index contributed by atoms with van der Waals surface area (Å²) in [7, 11) is 0. The summed E-state index contributed by atoms with van der Waals surface area (Å²) in [4.78, 5) is 21.4. The van der Waals surface area contributed by atoms with E-state index < -0.39 is 4.92 Å². The number of non-ortho nitro benzene ring substituents is 1. The van der Waals surface area contributed by atoms with Gasteiger partial charge in [0, 0.05) is 12.1 Å². The summed E-state index contributed by atoms with van der Waals surface area (Å²) < 4.78 is 10.4. The number of nitro benzene ring substituents is 1. The molecule has 1 aliphatic rings. The quantitative estimate of drug-likeness (QED) is 0.463. The second-order valence-electron chi connectivity index (χ2n) is 4.50. The van der Waals surface area contributed by atoms with Crippen molar-refractivity contribution in [1.82, 2.24) is 0 Å². The fourth-order valence-corrected chi connectivity index (χ4v) is 2.02. The van der Waals surface area contributed by atoms with Crippen molar-refractivity contribution in [2.24, 2.45) is 5.92 Å². The second kappa shape index (κ2) is 5.69. The maximum Gasteiger partial charge on any atom is 0.309 e. The monoisotopic (exact) mass is 265 g/mol. The number of ether oxygens (including phenoxy) is 2. The van der Waals surface area contributed by atoms with Gasteiger partial charge in [0.25, 0.3) is 5.69 Å². The lowest BCUT2D eigenvalue weighted by Crippen LogP contribution is -2.12. The van der Waals surface area contributed by atoms with Crippen molar-refractivity contribution in [3.8, 4) is 5.75 Å². The standard InChI is InChI=1S/C13H15NO5/c1-9-8-11(14(16)17)2-3-12(9)18-6-4-10-5-7-19-13(10)15/h2-3,8,10H,4-7H2,1H3/t10-/m1/s1. The van der Waals surface area contributed by atoms with Crippen LogP contribution in [0.1, 0.15) is 18.4 Å². The number of esters is 1. The molecule has 0 aliphatic carbocycles. The van der Waals surface area contributed by atoms with E-state index in [1.54, 1.807) is 13.0 Å². The van der Waals surface area contributed by atoms with Crippen LogP contribution < -0.4 is 4.74 Å². The van der Waals surface area contributed by atoms with E-state index in [1.165, 1.54) is 12.1 Å². The Morgan fingerprint density at radius 3 is 2.89 bits per heavy atom. The summed E-state index contributed by atoms with van der Waals surface area (Å²) in [5.74, 6) is 0.361. The first-order chi connectivity index (χ1) is 9.08. The van der Waals surface area contributed by atoms with Crippen LogP contribution in [0.15, 0.2) is 18.2 Å². The Bertz CT molecular complexity index is 500. The van der Waals surface area contributed by atoms with Gasteiger partial charge >= 0.3 is 5.97 Å². The molecular weight excluding hydrogens is 250 g/mol. The van der Waals surface area contributed by atoms with Crippen LogP contribution in [-0.2, 0) is 9.53 Å². The van der Waals surface area contributed by atoms with E-state index in [1.807, 2.05) is 0 Å². The van der Waals surface area contributed by atoms with E-state index in [0.717, 1.165) is 6.42 Å². The van der Waals surface area contributed by atoms with Gasteiger partial charge in [-0.05, 0) is 31.4 Å². The Balaban J connectivity index is 1.89. The second-order valence-corrected chi connectivity index (χ2v) is 4.50. The average molecular weight is 265 g/mol. The molecule has 0 radical (unpaired) electrons. The van der Waals surface area contributed by atoms with Crippen LogP contribution in [0.25, 0.3) is 0 Å². The van der Waals surface area contributed by atoms with Gasteiger partial charge in [0.1, 0.15) is 5.75 Å². The van der Waals surface area contributed by atoms with Crippen molar-refractivity contribution in [2.45, 2.75) is 19.8 Å². The predicted octanol–water partition coefficient (Wildman–Crippen LogP) is 2.24. The van der Waals surface area contributed by atoms with Gasteiger partial charge in [0.15, 0.2) is 0 Å². The topological polar surface area (TPSA) is 78.7 Å². The molecule has 1 atom stereocenters. The molecule has 6 heteroatoms. The lowest BCUT2D eigenvalue weighted by molar-refractivity contribution is -0.384. The summed E-state index contributed by atoms with van der Waals surface area (Å²) in [5.41, 5.74) is 0.757. The minimum absolute atomic E-state index is 0.0456. The first kappa shape index (κ1) is 13.3. The van der Waals surface area contributed by atoms with Gasteiger partial charge in [-0.15, -0.1) is 0 Å². The van der Waals surface area contributed by atoms with Crippen molar-refractivity contribution < 1.29 is 19.2 Å². The van der Waals surface area contributed by atoms with Crippen LogP contribution in [0.4, 0.5) is 5.69 Å². The van der Waals surface area contributed by atoms with E-state index in [2.05, 4.69) is 0 Å². The molecule has 102 valence electrons. The Labute approximate surface area is 110 Å². The van der Waals surface area contributed by atoms with Crippen LogP contribution in [0.5, 0.6) is 5.75 Å². The lowest BCUT2D eigenvalue weighted by atomic mass is 10.1. The minimum Gasteiger partial charge on any atom is -0.493 e. The van der Waals surface area contributed by atoms with E-state index in [0.29, 0.717) is 30.9 Å². The number of aryl methyl sites for hydroxylation is 1. The highest BCUT2D eigenvalue weighted by atomic mass is 16.6. The molecule has 19 heavy (non-hydrogen) atoms. The molecule has 6 nitrogen and oxygen atoms in total. The highest BCUT2D eigenvalue weighted by Gasteiger charge is 2.26. The molecule has 1 saturated heterocycles. The first-order valence-corrected chi connectivity index (χ1v) is 6.12. The van der Waals surface area contributed by atoms with Gasteiger partial charge < -0.3 is 9.47 Å². The largest absolute Gasteiger partial charge is 0.493 e. The molecule has 1 heterocycles. The Morgan fingerprint density at radius 1 is 1.53 bits per heavy atom. The van der Waals surface area contributed by atoms with E-state index >= 15 is 0 Å². The number of carbonyl (C=O) groups is 1. The molecule has 0 amide bonds. The zero-order chi connectivity index (χ0) is 13.8. The number of hydrogen-bond donors (Lipinski definition) is 0. The van der Waals surface area contributed by atoms with Crippen LogP contribution >= 0.6 is 0 Å². The first-order valence-electron chi connectivity index (χ1n) is 6.12. The Kier molecular flexibility index (Phi) is 3.99. The maximum absolute atomic E-state index is 11.3. The Morgan fingerprint density at radius 2 is 2.32 bits per heavy atom. The number of rotatable bonds is 5. The third-order valence-electron chi connectivity index (χ3n) is 3.14. The van der Waals surface area contributed by atoms with Crippen LogP contribution in [-0.4, -0.2) is 24.1 Å². The Hall–Kier alpha value is -2.11. The summed E-state index contributed by atoms with van der Waals surface area (Å²) in [6.07, 6.45) is 1.34. The summed E-state index contributed by atoms with van der Waals surface area (Å²) >= 11 is 0. The molecular formula is C13H15NO5. The van der Waals surface area contributed by atoms with Crippen LogP contribution in [0, 0.1) is 23.0 Å². The lowest BCUT2D eigenvalue weighted by Gasteiger charge is -2.10. The van der Waals surface area contributed by atoms with Crippen molar-refractivity contribution in [1.29, 1.82) is 0 Å². The fourth-order valence-electron chi connectivity index (χ4n) is 2.02. The van der Waals surface area contributed by atoms with Gasteiger partial charge in [0.05, 0.1) is 24.1 Å². The number of nitrogens with zero attached hydrogens (tertiary/aromatic N) is 1. The zero-order valence-corrected chi connectivity index (χ0v) is 10.6. The van der Waals surface area contributed by atoms with Gasteiger partial charge in [-0.25, -0.2) is 0 Å². The van der Waals surface area contributed by atoms with Crippen molar-refractivity contribution in [3.63, 3.8) is 0 Å². The smallest absolute Gasteiger partial charge is 0.309 e. The molecule has 0 N–H and O–H groups in total. The van der Waals surface area contributed by atoms with Gasteiger partial charge in [-0.1, -0.05) is 0 Å². The molecule has 0 saturated carbocycles. The van der Waals surface area contributed by atoms with Crippen molar-refractivity contribution >= 4 is 11.7 Å². The van der Waals surface area contributed by atoms with Crippen molar-refractivity contribution in [3.05, 3.63) is 33.9 Å². The summed E-state index contributed by atoms with van der Waals surface area (Å²) in [6, 6.07) is 4.46. The highest BCUT2D eigenvalue weighted by molar-refractivity contribution is 5.74. The molecule has 0 aromatic heterocycles. The SMILES string of the molecule is Cc1cc([N+](=O)[O-])ccc1OCC[C@@H]1CCOC1=O. The van der Waals surface area contributed by atoms with Crippen LogP contribution in [0.3, 0.4) is 0 Å². The van der Waals surface area contributed by atoms with Crippen molar-refractivity contribution in [2.75, 3.05) is 13.2 Å². The number of cyclic esters (lactones) is 1. The number of carbonyl (C=O) groups excluding carboxylic acids is 1.